The molecule has 3 rings (SSSR count). The molecule has 9 nitrogen and oxygen atoms in total. The number of carbonyl (C=O) groups is 2. The average Bonchev–Trinajstić information content (AvgIpc) is 2.87. The zero-order chi connectivity index (χ0) is 19.1. The number of amides is 3. The van der Waals surface area contributed by atoms with E-state index in [9.17, 15) is 18.0 Å². The molecular formula is C16H23ClN4O5S. The number of imide groups is 1. The van der Waals surface area contributed by atoms with E-state index in [-0.39, 0.29) is 28.9 Å². The van der Waals surface area contributed by atoms with Crippen LogP contribution in [-0.4, -0.2) is 57.4 Å². The van der Waals surface area contributed by atoms with Crippen molar-refractivity contribution in [1.82, 2.24) is 20.3 Å². The van der Waals surface area contributed by atoms with E-state index in [1.165, 1.54) is 36.5 Å². The second kappa shape index (κ2) is 7.63. The summed E-state index contributed by atoms with van der Waals surface area (Å²) in [6.45, 7) is 4.84. The Balaban J connectivity index is 0.00000261. The van der Waals surface area contributed by atoms with Gasteiger partial charge in [-0.2, -0.15) is 4.31 Å². The third-order valence-electron chi connectivity index (χ3n) is 4.80. The van der Waals surface area contributed by atoms with Gasteiger partial charge in [0.15, 0.2) is 0 Å². The van der Waals surface area contributed by atoms with Gasteiger partial charge in [0, 0.05) is 31.2 Å². The predicted octanol–water partition coefficient (Wildman–Crippen LogP) is 0.154. The molecule has 150 valence electrons. The number of piperazine rings is 1. The van der Waals surface area contributed by atoms with Gasteiger partial charge >= 0.3 is 6.03 Å². The van der Waals surface area contributed by atoms with E-state index in [1.807, 2.05) is 6.92 Å². The summed E-state index contributed by atoms with van der Waals surface area (Å²) in [5.74, 6) is -0.247. The maximum absolute atomic E-state index is 13.1. The maximum Gasteiger partial charge on any atom is 0.322 e. The van der Waals surface area contributed by atoms with Gasteiger partial charge in [0.2, 0.25) is 10.0 Å². The lowest BCUT2D eigenvalue weighted by Gasteiger charge is -2.33. The monoisotopic (exact) mass is 418 g/mol. The summed E-state index contributed by atoms with van der Waals surface area (Å²) < 4.78 is 32.9. The number of urea groups is 1. The zero-order valence-electron chi connectivity index (χ0n) is 15.2. The molecule has 0 aromatic heterocycles. The fraction of sp³-hybridized carbons (Fsp3) is 0.500. The second-order valence-electron chi connectivity index (χ2n) is 6.56. The van der Waals surface area contributed by atoms with Gasteiger partial charge in [0.1, 0.15) is 11.3 Å². The van der Waals surface area contributed by atoms with E-state index in [4.69, 9.17) is 4.74 Å². The van der Waals surface area contributed by atoms with Gasteiger partial charge in [-0.25, -0.2) is 13.2 Å². The Morgan fingerprint density at radius 3 is 2.56 bits per heavy atom. The third-order valence-corrected chi connectivity index (χ3v) is 6.81. The zero-order valence-corrected chi connectivity index (χ0v) is 16.9. The Kier molecular flexibility index (Phi) is 6.05. The van der Waals surface area contributed by atoms with Gasteiger partial charge in [0.05, 0.1) is 12.0 Å². The van der Waals surface area contributed by atoms with Crippen LogP contribution in [0.4, 0.5) is 4.79 Å². The molecule has 2 saturated heterocycles. The first-order valence-corrected chi connectivity index (χ1v) is 9.69. The normalized spacial score (nSPS) is 26.1. The molecule has 2 aliphatic rings. The van der Waals surface area contributed by atoms with Crippen molar-refractivity contribution in [1.29, 1.82) is 0 Å². The molecule has 11 heteroatoms. The second-order valence-corrected chi connectivity index (χ2v) is 8.45. The van der Waals surface area contributed by atoms with Crippen LogP contribution in [0.3, 0.4) is 0 Å². The molecular weight excluding hydrogens is 396 g/mol. The number of nitrogens with one attached hydrogen (secondary N) is 3. The molecule has 3 amide bonds. The fourth-order valence-electron chi connectivity index (χ4n) is 3.29. The standard InChI is InChI=1S/C16H22N4O5S.ClH/c1-10-9-17-6-7-20(10)26(23,24)11-4-5-13(25-3)12(8-11)16(2)14(21)18-15(22)19-16;/h4-5,8,10,17H,6-7,9H2,1-3H3,(H2,18,19,21,22);1H. The van der Waals surface area contributed by atoms with Crippen molar-refractivity contribution in [2.75, 3.05) is 26.7 Å². The smallest absolute Gasteiger partial charge is 0.322 e. The van der Waals surface area contributed by atoms with Crippen LogP contribution in [0.25, 0.3) is 0 Å². The summed E-state index contributed by atoms with van der Waals surface area (Å²) in [6, 6.07) is 3.52. The molecule has 2 heterocycles. The first kappa shape index (κ1) is 21.4. The van der Waals surface area contributed by atoms with Gasteiger partial charge < -0.3 is 15.4 Å². The summed E-state index contributed by atoms with van der Waals surface area (Å²) in [6.07, 6.45) is 0. The van der Waals surface area contributed by atoms with E-state index >= 15 is 0 Å². The lowest BCUT2D eigenvalue weighted by Crippen LogP contribution is -2.52. The Bertz CT molecular complexity index is 862. The van der Waals surface area contributed by atoms with Crippen molar-refractivity contribution in [2.24, 2.45) is 0 Å². The molecule has 2 aliphatic heterocycles. The summed E-state index contributed by atoms with van der Waals surface area (Å²) >= 11 is 0. The van der Waals surface area contributed by atoms with Crippen molar-refractivity contribution in [2.45, 2.75) is 30.3 Å². The van der Waals surface area contributed by atoms with Crippen LogP contribution < -0.4 is 20.7 Å². The number of sulfonamides is 1. The Morgan fingerprint density at radius 1 is 1.30 bits per heavy atom. The minimum Gasteiger partial charge on any atom is -0.496 e. The molecule has 0 bridgehead atoms. The van der Waals surface area contributed by atoms with Crippen molar-refractivity contribution in [3.8, 4) is 5.75 Å². The number of benzene rings is 1. The van der Waals surface area contributed by atoms with Gasteiger partial charge in [-0.15, -0.1) is 12.4 Å². The van der Waals surface area contributed by atoms with Crippen LogP contribution in [0.1, 0.15) is 19.4 Å². The number of nitrogens with zero attached hydrogens (tertiary/aromatic N) is 1. The molecule has 2 unspecified atom stereocenters. The maximum atomic E-state index is 13.1. The molecule has 0 aliphatic carbocycles. The van der Waals surface area contributed by atoms with Crippen LogP contribution in [0.15, 0.2) is 23.1 Å². The molecule has 27 heavy (non-hydrogen) atoms. The molecule has 1 aromatic rings. The van der Waals surface area contributed by atoms with Gasteiger partial charge in [-0.05, 0) is 32.0 Å². The highest BCUT2D eigenvalue weighted by Crippen LogP contribution is 2.35. The number of carbonyl (C=O) groups excluding carboxylic acids is 2. The topological polar surface area (TPSA) is 117 Å². The Morgan fingerprint density at radius 2 is 2.00 bits per heavy atom. The SMILES string of the molecule is COc1ccc(S(=O)(=O)N2CCNCC2C)cc1C1(C)NC(=O)NC1=O.Cl. The van der Waals surface area contributed by atoms with E-state index < -0.39 is 27.5 Å². The molecule has 0 spiro atoms. The van der Waals surface area contributed by atoms with Gasteiger partial charge in [-0.1, -0.05) is 0 Å². The van der Waals surface area contributed by atoms with Gasteiger partial charge in [0.25, 0.3) is 5.91 Å². The third kappa shape index (κ3) is 3.62. The Hall–Kier alpha value is -1.88. The summed E-state index contributed by atoms with van der Waals surface area (Å²) in [4.78, 5) is 23.9. The highest BCUT2D eigenvalue weighted by atomic mass is 35.5. The van der Waals surface area contributed by atoms with Crippen molar-refractivity contribution in [3.63, 3.8) is 0 Å². The highest BCUT2D eigenvalue weighted by molar-refractivity contribution is 7.89. The summed E-state index contributed by atoms with van der Waals surface area (Å²) in [5.41, 5.74) is -1.13. The first-order valence-electron chi connectivity index (χ1n) is 8.25. The first-order chi connectivity index (χ1) is 12.2. The van der Waals surface area contributed by atoms with Crippen LogP contribution in [0.2, 0.25) is 0 Å². The fourth-order valence-corrected chi connectivity index (χ4v) is 4.94. The summed E-state index contributed by atoms with van der Waals surface area (Å²) in [7, 11) is -2.33. The number of hydrogen-bond donors (Lipinski definition) is 3. The lowest BCUT2D eigenvalue weighted by molar-refractivity contribution is -0.123. The number of rotatable bonds is 4. The molecule has 2 fully saturated rings. The molecule has 2 atom stereocenters. The van der Waals surface area contributed by atoms with Crippen molar-refractivity contribution >= 4 is 34.4 Å². The van der Waals surface area contributed by atoms with Crippen LogP contribution in [-0.2, 0) is 20.4 Å². The minimum atomic E-state index is -3.75. The number of ether oxygens (including phenoxy) is 1. The number of methoxy groups -OCH3 is 1. The van der Waals surface area contributed by atoms with Gasteiger partial charge in [-0.3, -0.25) is 10.1 Å². The number of hydrogen-bond acceptors (Lipinski definition) is 6. The van der Waals surface area contributed by atoms with Crippen molar-refractivity contribution in [3.05, 3.63) is 23.8 Å². The van der Waals surface area contributed by atoms with E-state index in [0.717, 1.165) is 0 Å². The largest absolute Gasteiger partial charge is 0.496 e. The van der Waals surface area contributed by atoms with Crippen LogP contribution in [0, 0.1) is 0 Å². The summed E-state index contributed by atoms with van der Waals surface area (Å²) in [5, 5.41) is 7.87. The number of halogens is 1. The predicted molar refractivity (Wildman–Crippen MR) is 100 cm³/mol. The molecule has 0 saturated carbocycles. The average molecular weight is 419 g/mol. The minimum absolute atomic E-state index is 0. The van der Waals surface area contributed by atoms with Crippen LogP contribution >= 0.6 is 12.4 Å². The van der Waals surface area contributed by atoms with Crippen LogP contribution in [0.5, 0.6) is 5.75 Å². The van der Waals surface area contributed by atoms with E-state index in [0.29, 0.717) is 25.4 Å². The molecule has 3 N–H and O–H groups in total. The Labute approximate surface area is 164 Å². The lowest BCUT2D eigenvalue weighted by atomic mass is 9.91. The van der Waals surface area contributed by atoms with E-state index in [2.05, 4.69) is 16.0 Å². The van der Waals surface area contributed by atoms with E-state index in [1.54, 1.807) is 0 Å². The molecule has 0 radical (unpaired) electrons. The quantitative estimate of drug-likeness (QED) is 0.599. The molecule has 1 aromatic carbocycles. The van der Waals surface area contributed by atoms with Crippen molar-refractivity contribution < 1.29 is 22.7 Å². The highest BCUT2D eigenvalue weighted by Gasteiger charge is 2.46.